The first-order valence-corrected chi connectivity index (χ1v) is 11.3. The van der Waals surface area contributed by atoms with Crippen LogP contribution in [-0.4, -0.2) is 36.5 Å². The predicted molar refractivity (Wildman–Crippen MR) is 117 cm³/mol. The minimum atomic E-state index is -3.53. The second kappa shape index (κ2) is 7.69. The van der Waals surface area contributed by atoms with Gasteiger partial charge < -0.3 is 9.30 Å². The molecule has 0 atom stereocenters. The van der Waals surface area contributed by atoms with E-state index >= 15 is 0 Å². The molecule has 3 aromatic rings. The maximum Gasteiger partial charge on any atom is 0.243 e. The lowest BCUT2D eigenvalue weighted by molar-refractivity contribution is 0.242. The van der Waals surface area contributed by atoms with Crippen molar-refractivity contribution in [2.24, 2.45) is 0 Å². The Morgan fingerprint density at radius 2 is 1.76 bits per heavy atom. The summed E-state index contributed by atoms with van der Waals surface area (Å²) < 4.78 is 35.4. The highest BCUT2D eigenvalue weighted by atomic mass is 32.2. The number of fused-ring (bicyclic) bond motifs is 1. The summed E-state index contributed by atoms with van der Waals surface area (Å²) in [5, 5.41) is 1.23. The van der Waals surface area contributed by atoms with Crippen LogP contribution in [0.4, 0.5) is 0 Å². The lowest BCUT2D eigenvalue weighted by Crippen LogP contribution is -2.35. The molecule has 1 aromatic heterocycles. The zero-order chi connectivity index (χ0) is 20.6. The van der Waals surface area contributed by atoms with Crippen molar-refractivity contribution in [1.82, 2.24) is 8.87 Å². The SMILES string of the molecule is Cc1cn(C2=CCN(S(=O)(=O)c3ccc(OC(C)C)cc3)CC2)c2ccccc12. The molecule has 29 heavy (non-hydrogen) atoms. The first-order chi connectivity index (χ1) is 13.9. The number of sulfonamides is 1. The van der Waals surface area contributed by atoms with E-state index in [-0.39, 0.29) is 6.10 Å². The quantitative estimate of drug-likeness (QED) is 0.614. The van der Waals surface area contributed by atoms with Crippen molar-refractivity contribution in [2.75, 3.05) is 13.1 Å². The van der Waals surface area contributed by atoms with Crippen molar-refractivity contribution in [1.29, 1.82) is 0 Å². The largest absolute Gasteiger partial charge is 0.491 e. The van der Waals surface area contributed by atoms with Crippen molar-refractivity contribution >= 4 is 26.6 Å². The second-order valence-electron chi connectivity index (χ2n) is 7.65. The third-order valence-electron chi connectivity index (χ3n) is 5.20. The van der Waals surface area contributed by atoms with Gasteiger partial charge in [0.15, 0.2) is 0 Å². The smallest absolute Gasteiger partial charge is 0.243 e. The topological polar surface area (TPSA) is 51.5 Å². The molecule has 0 amide bonds. The molecule has 0 spiro atoms. The molecule has 0 saturated heterocycles. The monoisotopic (exact) mass is 410 g/mol. The van der Waals surface area contributed by atoms with Crippen LogP contribution in [0.5, 0.6) is 5.75 Å². The summed E-state index contributed by atoms with van der Waals surface area (Å²) in [5.41, 5.74) is 3.52. The van der Waals surface area contributed by atoms with Crippen molar-refractivity contribution in [2.45, 2.75) is 38.2 Å². The summed E-state index contributed by atoms with van der Waals surface area (Å²) in [6.07, 6.45) is 4.87. The van der Waals surface area contributed by atoms with Crippen LogP contribution in [0, 0.1) is 6.92 Å². The van der Waals surface area contributed by atoms with Crippen LogP contribution in [0.1, 0.15) is 25.8 Å². The molecule has 0 radical (unpaired) electrons. The van der Waals surface area contributed by atoms with Gasteiger partial charge in [-0.25, -0.2) is 8.42 Å². The number of nitrogens with zero attached hydrogens (tertiary/aromatic N) is 2. The van der Waals surface area contributed by atoms with Gasteiger partial charge in [-0.15, -0.1) is 0 Å². The number of aryl methyl sites for hydroxylation is 1. The van der Waals surface area contributed by atoms with Crippen molar-refractivity contribution in [3.63, 3.8) is 0 Å². The molecule has 152 valence electrons. The van der Waals surface area contributed by atoms with Gasteiger partial charge in [-0.1, -0.05) is 18.2 Å². The minimum absolute atomic E-state index is 0.0523. The summed E-state index contributed by atoms with van der Waals surface area (Å²) in [5.74, 6) is 0.676. The minimum Gasteiger partial charge on any atom is -0.491 e. The first-order valence-electron chi connectivity index (χ1n) is 9.89. The van der Waals surface area contributed by atoms with Crippen LogP contribution in [0.25, 0.3) is 16.6 Å². The maximum absolute atomic E-state index is 13.0. The molecule has 1 aliphatic heterocycles. The fourth-order valence-electron chi connectivity index (χ4n) is 3.78. The highest BCUT2D eigenvalue weighted by Crippen LogP contribution is 2.29. The zero-order valence-electron chi connectivity index (χ0n) is 17.0. The third-order valence-corrected chi connectivity index (χ3v) is 7.08. The average molecular weight is 411 g/mol. The number of benzene rings is 2. The van der Waals surface area contributed by atoms with Crippen molar-refractivity contribution < 1.29 is 13.2 Å². The molecule has 1 aliphatic rings. The molecule has 2 heterocycles. The normalized spacial score (nSPS) is 15.7. The number of aromatic nitrogens is 1. The van der Waals surface area contributed by atoms with Gasteiger partial charge in [0.05, 0.1) is 16.5 Å². The van der Waals surface area contributed by atoms with E-state index in [2.05, 4.69) is 29.8 Å². The number of hydrogen-bond acceptors (Lipinski definition) is 3. The third kappa shape index (κ3) is 3.82. The fraction of sp³-hybridized carbons (Fsp3) is 0.304. The van der Waals surface area contributed by atoms with E-state index in [0.717, 1.165) is 11.2 Å². The van der Waals surface area contributed by atoms with Crippen molar-refractivity contribution in [3.8, 4) is 5.75 Å². The molecule has 4 rings (SSSR count). The molecule has 0 aliphatic carbocycles. The number of ether oxygens (including phenoxy) is 1. The van der Waals surface area contributed by atoms with Gasteiger partial charge in [0.2, 0.25) is 10.0 Å². The van der Waals surface area contributed by atoms with Crippen LogP contribution < -0.4 is 4.74 Å². The second-order valence-corrected chi connectivity index (χ2v) is 9.58. The van der Waals surface area contributed by atoms with Gasteiger partial charge in [-0.2, -0.15) is 4.31 Å². The van der Waals surface area contributed by atoms with E-state index in [1.54, 1.807) is 24.3 Å². The molecule has 2 aromatic carbocycles. The fourth-order valence-corrected chi connectivity index (χ4v) is 5.16. The van der Waals surface area contributed by atoms with Crippen LogP contribution in [0.2, 0.25) is 0 Å². The molecular weight excluding hydrogens is 384 g/mol. The molecule has 6 heteroatoms. The summed E-state index contributed by atoms with van der Waals surface area (Å²) in [6.45, 7) is 6.82. The van der Waals surface area contributed by atoms with Crippen molar-refractivity contribution in [3.05, 3.63) is 66.4 Å². The van der Waals surface area contributed by atoms with Gasteiger partial charge >= 0.3 is 0 Å². The number of rotatable bonds is 5. The Balaban J connectivity index is 1.55. The highest BCUT2D eigenvalue weighted by molar-refractivity contribution is 7.89. The molecule has 0 N–H and O–H groups in total. The summed E-state index contributed by atoms with van der Waals surface area (Å²) >= 11 is 0. The number of hydrogen-bond donors (Lipinski definition) is 0. The summed E-state index contributed by atoms with van der Waals surface area (Å²) in [6, 6.07) is 15.0. The Labute approximate surface area is 172 Å². The Hall–Kier alpha value is -2.57. The van der Waals surface area contributed by atoms with Gasteiger partial charge in [0, 0.05) is 36.8 Å². The molecule has 0 fully saturated rings. The summed E-state index contributed by atoms with van der Waals surface area (Å²) in [7, 11) is -3.53. The molecule has 5 nitrogen and oxygen atoms in total. The Bertz CT molecular complexity index is 1160. The van der Waals surface area contributed by atoms with E-state index < -0.39 is 10.0 Å². The summed E-state index contributed by atoms with van der Waals surface area (Å²) in [4.78, 5) is 0.299. The van der Waals surface area contributed by atoms with E-state index in [9.17, 15) is 8.42 Å². The van der Waals surface area contributed by atoms with Gasteiger partial charge in [0.25, 0.3) is 0 Å². The van der Waals surface area contributed by atoms with Crippen LogP contribution >= 0.6 is 0 Å². The van der Waals surface area contributed by atoms with Gasteiger partial charge in [-0.3, -0.25) is 0 Å². The average Bonchev–Trinajstić information content (AvgIpc) is 3.05. The Morgan fingerprint density at radius 1 is 1.03 bits per heavy atom. The molecule has 0 bridgehead atoms. The van der Waals surface area contributed by atoms with Crippen LogP contribution in [-0.2, 0) is 10.0 Å². The number of para-hydroxylation sites is 1. The van der Waals surface area contributed by atoms with Gasteiger partial charge in [-0.05, 0) is 62.7 Å². The lowest BCUT2D eigenvalue weighted by Gasteiger charge is -2.26. The lowest BCUT2D eigenvalue weighted by atomic mass is 10.2. The van der Waals surface area contributed by atoms with E-state index in [0.29, 0.717) is 30.2 Å². The standard InChI is InChI=1S/C23H26N2O3S/c1-17(2)28-20-8-10-21(11-9-20)29(26,27)24-14-12-19(13-15-24)25-16-18(3)22-6-4-5-7-23(22)25/h4-12,16-17H,13-15H2,1-3H3. The molecule has 0 saturated carbocycles. The molecular formula is C23H26N2O3S. The first kappa shape index (κ1) is 19.7. The van der Waals surface area contributed by atoms with Gasteiger partial charge in [0.1, 0.15) is 5.75 Å². The van der Waals surface area contributed by atoms with E-state index in [1.807, 2.05) is 32.1 Å². The van der Waals surface area contributed by atoms with E-state index in [4.69, 9.17) is 4.74 Å². The van der Waals surface area contributed by atoms with E-state index in [1.165, 1.54) is 15.3 Å². The maximum atomic E-state index is 13.0. The Kier molecular flexibility index (Phi) is 5.23. The predicted octanol–water partition coefficient (Wildman–Crippen LogP) is 4.67. The highest BCUT2D eigenvalue weighted by Gasteiger charge is 2.27. The zero-order valence-corrected chi connectivity index (χ0v) is 17.8. The van der Waals surface area contributed by atoms with Crippen LogP contribution in [0.15, 0.2) is 65.7 Å². The molecule has 0 unspecified atom stereocenters. The van der Waals surface area contributed by atoms with Crippen LogP contribution in [0.3, 0.4) is 0 Å². The Morgan fingerprint density at radius 3 is 2.41 bits per heavy atom.